The van der Waals surface area contributed by atoms with Crippen LogP contribution in [-0.4, -0.2) is 0 Å². The molecule has 0 saturated heterocycles. The number of rotatable bonds is 10. The average Bonchev–Trinajstić information content (AvgIpc) is 2.76. The third-order valence-electron chi connectivity index (χ3n) is 7.53. The SMILES string of the molecule is CCCCCC1CCC(C2(CCCCC)C=CC(c3ccccc3)=CC2)CC1. The topological polar surface area (TPSA) is 0 Å². The van der Waals surface area contributed by atoms with E-state index in [1.807, 2.05) is 0 Å². The average molecular weight is 379 g/mol. The molecule has 0 heteroatoms. The summed E-state index contributed by atoms with van der Waals surface area (Å²) in [4.78, 5) is 0. The molecule has 1 aromatic rings. The fourth-order valence-corrected chi connectivity index (χ4v) is 5.64. The Bertz CT molecular complexity index is 615. The third-order valence-corrected chi connectivity index (χ3v) is 7.53. The Kier molecular flexibility index (Phi) is 8.44. The summed E-state index contributed by atoms with van der Waals surface area (Å²) in [5, 5.41) is 0. The Morgan fingerprint density at radius 2 is 1.57 bits per heavy atom. The molecule has 0 nitrogen and oxygen atoms in total. The first-order chi connectivity index (χ1) is 13.8. The van der Waals surface area contributed by atoms with Gasteiger partial charge in [-0.1, -0.05) is 120 Å². The summed E-state index contributed by atoms with van der Waals surface area (Å²) in [6.07, 6.45) is 26.0. The maximum absolute atomic E-state index is 2.65. The van der Waals surface area contributed by atoms with Gasteiger partial charge in [0.25, 0.3) is 0 Å². The monoisotopic (exact) mass is 378 g/mol. The van der Waals surface area contributed by atoms with E-state index in [0.717, 1.165) is 11.8 Å². The van der Waals surface area contributed by atoms with Crippen molar-refractivity contribution in [1.82, 2.24) is 0 Å². The highest BCUT2D eigenvalue weighted by Crippen LogP contribution is 2.50. The summed E-state index contributed by atoms with van der Waals surface area (Å²) >= 11 is 0. The quantitative estimate of drug-likeness (QED) is 0.356. The molecule has 0 bridgehead atoms. The summed E-state index contributed by atoms with van der Waals surface area (Å²) in [5.41, 5.74) is 3.24. The van der Waals surface area contributed by atoms with Crippen LogP contribution in [0.15, 0.2) is 48.6 Å². The Labute approximate surface area is 174 Å². The number of benzene rings is 1. The largest absolute Gasteiger partial charge is 0.0771 e. The molecule has 0 heterocycles. The number of unbranched alkanes of at least 4 members (excludes halogenated alkanes) is 4. The van der Waals surface area contributed by atoms with Gasteiger partial charge in [-0.3, -0.25) is 0 Å². The molecule has 0 spiro atoms. The highest BCUT2D eigenvalue weighted by atomic mass is 14.4. The fourth-order valence-electron chi connectivity index (χ4n) is 5.64. The van der Waals surface area contributed by atoms with Gasteiger partial charge in [-0.25, -0.2) is 0 Å². The third kappa shape index (κ3) is 5.62. The molecule has 0 aromatic heterocycles. The van der Waals surface area contributed by atoms with Crippen LogP contribution in [0.5, 0.6) is 0 Å². The van der Waals surface area contributed by atoms with Gasteiger partial charge in [-0.05, 0) is 54.1 Å². The summed E-state index contributed by atoms with van der Waals surface area (Å²) in [7, 11) is 0. The normalized spacial score (nSPS) is 27.6. The maximum atomic E-state index is 2.65. The van der Waals surface area contributed by atoms with Crippen LogP contribution in [0.3, 0.4) is 0 Å². The first-order valence-corrected chi connectivity index (χ1v) is 12.2. The lowest BCUT2D eigenvalue weighted by molar-refractivity contribution is 0.127. The molecule has 1 atom stereocenters. The molecule has 1 aromatic carbocycles. The smallest absolute Gasteiger partial charge is 0.00519 e. The van der Waals surface area contributed by atoms with Crippen molar-refractivity contribution in [3.63, 3.8) is 0 Å². The van der Waals surface area contributed by atoms with Gasteiger partial charge in [0, 0.05) is 0 Å². The van der Waals surface area contributed by atoms with Crippen molar-refractivity contribution in [2.24, 2.45) is 17.3 Å². The van der Waals surface area contributed by atoms with Crippen molar-refractivity contribution in [2.45, 2.75) is 97.3 Å². The maximum Gasteiger partial charge on any atom is -0.00519 e. The minimum atomic E-state index is 0.432. The van der Waals surface area contributed by atoms with Crippen LogP contribution in [-0.2, 0) is 0 Å². The molecule has 0 aliphatic heterocycles. The fraction of sp³-hybridized carbons (Fsp3) is 0.643. The highest BCUT2D eigenvalue weighted by molar-refractivity contribution is 5.75. The van der Waals surface area contributed by atoms with Crippen LogP contribution in [0.2, 0.25) is 0 Å². The van der Waals surface area contributed by atoms with Gasteiger partial charge in [0.2, 0.25) is 0 Å². The lowest BCUT2D eigenvalue weighted by atomic mass is 9.61. The molecule has 0 radical (unpaired) electrons. The summed E-state index contributed by atoms with van der Waals surface area (Å²) in [6, 6.07) is 10.9. The van der Waals surface area contributed by atoms with Gasteiger partial charge < -0.3 is 0 Å². The molecular formula is C28H42. The van der Waals surface area contributed by atoms with Crippen molar-refractivity contribution in [3.05, 3.63) is 54.1 Å². The van der Waals surface area contributed by atoms with Crippen molar-refractivity contribution in [2.75, 3.05) is 0 Å². The molecule has 0 amide bonds. The second-order valence-corrected chi connectivity index (χ2v) is 9.47. The zero-order valence-electron chi connectivity index (χ0n) is 18.5. The van der Waals surface area contributed by atoms with Crippen LogP contribution in [0.4, 0.5) is 0 Å². The number of allylic oxidation sites excluding steroid dienone is 4. The second-order valence-electron chi connectivity index (χ2n) is 9.47. The van der Waals surface area contributed by atoms with Gasteiger partial charge in [0.15, 0.2) is 0 Å². The van der Waals surface area contributed by atoms with Gasteiger partial charge >= 0.3 is 0 Å². The minimum Gasteiger partial charge on any atom is -0.0771 e. The molecule has 2 aliphatic carbocycles. The standard InChI is InChI=1S/C28H42/c1-3-5-8-12-24-15-17-27(18-16-24)28(21-11-6-4-2)22-19-26(20-23-28)25-13-9-7-10-14-25/h7,9-10,13-14,19-20,22,24,27H,3-6,8,11-12,15-18,21,23H2,1-2H3. The Hall–Kier alpha value is -1.30. The van der Waals surface area contributed by atoms with E-state index in [9.17, 15) is 0 Å². The van der Waals surface area contributed by atoms with Crippen molar-refractivity contribution >= 4 is 5.57 Å². The van der Waals surface area contributed by atoms with Gasteiger partial charge in [0.05, 0.1) is 0 Å². The lowest BCUT2D eigenvalue weighted by Crippen LogP contribution is -2.33. The Balaban J connectivity index is 1.64. The van der Waals surface area contributed by atoms with E-state index in [2.05, 4.69) is 62.4 Å². The van der Waals surface area contributed by atoms with Crippen molar-refractivity contribution < 1.29 is 0 Å². The minimum absolute atomic E-state index is 0.432. The van der Waals surface area contributed by atoms with Crippen LogP contribution in [0.25, 0.3) is 5.57 Å². The summed E-state index contributed by atoms with van der Waals surface area (Å²) in [6.45, 7) is 4.65. The first-order valence-electron chi connectivity index (χ1n) is 12.2. The van der Waals surface area contributed by atoms with Crippen LogP contribution >= 0.6 is 0 Å². The van der Waals surface area contributed by atoms with E-state index in [1.54, 1.807) is 0 Å². The lowest BCUT2D eigenvalue weighted by Gasteiger charge is -2.44. The van der Waals surface area contributed by atoms with Gasteiger partial charge in [-0.2, -0.15) is 0 Å². The zero-order valence-corrected chi connectivity index (χ0v) is 18.5. The molecule has 0 N–H and O–H groups in total. The van der Waals surface area contributed by atoms with Crippen molar-refractivity contribution in [3.8, 4) is 0 Å². The molecule has 1 fully saturated rings. The molecule has 2 aliphatic rings. The van der Waals surface area contributed by atoms with Gasteiger partial charge in [-0.15, -0.1) is 0 Å². The van der Waals surface area contributed by atoms with Crippen LogP contribution in [0, 0.1) is 17.3 Å². The van der Waals surface area contributed by atoms with E-state index < -0.39 is 0 Å². The van der Waals surface area contributed by atoms with E-state index in [1.165, 1.54) is 94.6 Å². The Morgan fingerprint density at radius 1 is 0.857 bits per heavy atom. The predicted molar refractivity (Wildman–Crippen MR) is 124 cm³/mol. The van der Waals surface area contributed by atoms with Gasteiger partial charge in [0.1, 0.15) is 0 Å². The Morgan fingerprint density at radius 3 is 2.21 bits per heavy atom. The molecule has 1 saturated carbocycles. The number of hydrogen-bond acceptors (Lipinski definition) is 0. The number of hydrogen-bond donors (Lipinski definition) is 0. The highest BCUT2D eigenvalue weighted by Gasteiger charge is 2.38. The second kappa shape index (κ2) is 11.0. The van der Waals surface area contributed by atoms with Crippen molar-refractivity contribution in [1.29, 1.82) is 0 Å². The molecule has 154 valence electrons. The van der Waals surface area contributed by atoms with E-state index in [4.69, 9.17) is 0 Å². The molecule has 3 rings (SSSR count). The van der Waals surface area contributed by atoms with E-state index in [0.29, 0.717) is 5.41 Å². The summed E-state index contributed by atoms with van der Waals surface area (Å²) < 4.78 is 0. The molecule has 28 heavy (non-hydrogen) atoms. The molecule has 1 unspecified atom stereocenters. The van der Waals surface area contributed by atoms with E-state index >= 15 is 0 Å². The summed E-state index contributed by atoms with van der Waals surface area (Å²) in [5.74, 6) is 1.91. The van der Waals surface area contributed by atoms with Crippen LogP contribution in [0.1, 0.15) is 103 Å². The molecular weight excluding hydrogens is 336 g/mol. The first kappa shape index (κ1) is 21.4. The predicted octanol–water partition coefficient (Wildman–Crippen LogP) is 8.98. The van der Waals surface area contributed by atoms with E-state index in [-0.39, 0.29) is 0 Å². The zero-order chi connectivity index (χ0) is 19.7. The van der Waals surface area contributed by atoms with Crippen LogP contribution < -0.4 is 0 Å².